The van der Waals surface area contributed by atoms with Crippen molar-refractivity contribution in [2.45, 2.75) is 19.6 Å². The minimum absolute atomic E-state index is 0.0699. The van der Waals surface area contributed by atoms with Gasteiger partial charge in [0, 0.05) is 13.1 Å². The van der Waals surface area contributed by atoms with Crippen molar-refractivity contribution in [3.63, 3.8) is 0 Å². The van der Waals surface area contributed by atoms with Crippen LogP contribution < -0.4 is 5.32 Å². The number of carbonyl (C=O) groups excluding carboxylic acids is 1. The van der Waals surface area contributed by atoms with E-state index in [9.17, 15) is 4.79 Å². The number of aromatic nitrogens is 3. The van der Waals surface area contributed by atoms with Crippen LogP contribution in [0.3, 0.4) is 0 Å². The third kappa shape index (κ3) is 3.24. The van der Waals surface area contributed by atoms with Crippen LogP contribution in [0.5, 0.6) is 0 Å². The van der Waals surface area contributed by atoms with Gasteiger partial charge in [-0.3, -0.25) is 0 Å². The molecule has 1 atom stereocenters. The van der Waals surface area contributed by atoms with Crippen molar-refractivity contribution < 1.29 is 14.3 Å². The minimum Gasteiger partial charge on any atom is -0.461 e. The summed E-state index contributed by atoms with van der Waals surface area (Å²) in [4.78, 5) is 11.4. The molecule has 1 aliphatic heterocycles. The highest BCUT2D eigenvalue weighted by Gasteiger charge is 2.16. The fraction of sp³-hybridized carbons (Fsp3) is 0.700. The molecule has 17 heavy (non-hydrogen) atoms. The number of esters is 1. The Morgan fingerprint density at radius 2 is 2.65 bits per heavy atom. The molecule has 0 aromatic carbocycles. The number of nitrogens with one attached hydrogen (secondary N) is 1. The molecular weight excluding hydrogens is 224 g/mol. The van der Waals surface area contributed by atoms with Gasteiger partial charge in [0.2, 0.25) is 0 Å². The molecule has 2 rings (SSSR count). The molecule has 0 aliphatic carbocycles. The SMILES string of the molecule is CCOC(=O)c1cn(CC2CNCCO2)nn1. The van der Waals surface area contributed by atoms with Crippen molar-refractivity contribution in [1.29, 1.82) is 0 Å². The highest BCUT2D eigenvalue weighted by Crippen LogP contribution is 2.02. The maximum Gasteiger partial charge on any atom is 0.360 e. The average Bonchev–Trinajstić information content (AvgIpc) is 2.79. The van der Waals surface area contributed by atoms with Gasteiger partial charge in [0.05, 0.1) is 32.1 Å². The van der Waals surface area contributed by atoms with Gasteiger partial charge in [-0.1, -0.05) is 5.21 Å². The predicted molar refractivity (Wildman–Crippen MR) is 58.6 cm³/mol. The zero-order chi connectivity index (χ0) is 12.1. The zero-order valence-electron chi connectivity index (χ0n) is 9.76. The van der Waals surface area contributed by atoms with Crippen LogP contribution in [-0.2, 0) is 16.0 Å². The van der Waals surface area contributed by atoms with Gasteiger partial charge in [0.15, 0.2) is 5.69 Å². The second kappa shape index (κ2) is 5.74. The van der Waals surface area contributed by atoms with Crippen molar-refractivity contribution in [2.24, 2.45) is 0 Å². The van der Waals surface area contributed by atoms with Gasteiger partial charge < -0.3 is 14.8 Å². The number of ether oxygens (including phenoxy) is 2. The number of rotatable bonds is 4. The maximum absolute atomic E-state index is 11.4. The van der Waals surface area contributed by atoms with E-state index in [1.54, 1.807) is 17.8 Å². The molecule has 1 fully saturated rings. The smallest absolute Gasteiger partial charge is 0.360 e. The van der Waals surface area contributed by atoms with E-state index >= 15 is 0 Å². The van der Waals surface area contributed by atoms with Crippen LogP contribution in [0.2, 0.25) is 0 Å². The Morgan fingerprint density at radius 1 is 1.76 bits per heavy atom. The monoisotopic (exact) mass is 240 g/mol. The number of hydrogen-bond donors (Lipinski definition) is 1. The summed E-state index contributed by atoms with van der Waals surface area (Å²) in [5.41, 5.74) is 0.232. The van der Waals surface area contributed by atoms with E-state index in [4.69, 9.17) is 9.47 Å². The van der Waals surface area contributed by atoms with Crippen molar-refractivity contribution >= 4 is 5.97 Å². The molecule has 1 saturated heterocycles. The van der Waals surface area contributed by atoms with Crippen LogP contribution in [-0.4, -0.2) is 53.4 Å². The van der Waals surface area contributed by atoms with E-state index in [0.29, 0.717) is 19.8 Å². The normalized spacial score (nSPS) is 20.2. The molecule has 0 bridgehead atoms. The van der Waals surface area contributed by atoms with Gasteiger partial charge in [0.1, 0.15) is 0 Å². The highest BCUT2D eigenvalue weighted by atomic mass is 16.5. The average molecular weight is 240 g/mol. The van der Waals surface area contributed by atoms with E-state index in [1.165, 1.54) is 0 Å². The Morgan fingerprint density at radius 3 is 3.35 bits per heavy atom. The highest BCUT2D eigenvalue weighted by molar-refractivity contribution is 5.86. The van der Waals surface area contributed by atoms with Crippen molar-refractivity contribution in [1.82, 2.24) is 20.3 Å². The number of nitrogens with zero attached hydrogens (tertiary/aromatic N) is 3. The predicted octanol–water partition coefficient (Wildman–Crippen LogP) is -0.557. The molecule has 0 amide bonds. The van der Waals surface area contributed by atoms with Crippen LogP contribution in [0.25, 0.3) is 0 Å². The number of hydrogen-bond acceptors (Lipinski definition) is 6. The summed E-state index contributed by atoms with van der Waals surface area (Å²) >= 11 is 0. The fourth-order valence-corrected chi connectivity index (χ4v) is 1.63. The first-order chi connectivity index (χ1) is 8.29. The number of morpholine rings is 1. The van der Waals surface area contributed by atoms with E-state index in [1.807, 2.05) is 0 Å². The third-order valence-corrected chi connectivity index (χ3v) is 2.42. The summed E-state index contributed by atoms with van der Waals surface area (Å²) in [6.45, 7) is 5.03. The molecule has 94 valence electrons. The Labute approximate surface area is 99.1 Å². The minimum atomic E-state index is -0.443. The first-order valence-corrected chi connectivity index (χ1v) is 5.69. The summed E-state index contributed by atoms with van der Waals surface area (Å²) in [6.07, 6.45) is 1.65. The first kappa shape index (κ1) is 12.0. The molecule has 1 N–H and O–H groups in total. The second-order valence-electron chi connectivity index (χ2n) is 3.74. The summed E-state index contributed by atoms with van der Waals surface area (Å²) < 4.78 is 12.0. The topological polar surface area (TPSA) is 78.3 Å². The molecule has 7 heteroatoms. The quantitative estimate of drug-likeness (QED) is 0.711. The molecule has 0 spiro atoms. The Kier molecular flexibility index (Phi) is 4.05. The first-order valence-electron chi connectivity index (χ1n) is 5.69. The summed E-state index contributed by atoms with van der Waals surface area (Å²) in [7, 11) is 0. The van der Waals surface area contributed by atoms with Gasteiger partial charge >= 0.3 is 5.97 Å². The maximum atomic E-state index is 11.4. The van der Waals surface area contributed by atoms with Gasteiger partial charge in [-0.25, -0.2) is 9.48 Å². The van der Waals surface area contributed by atoms with Crippen LogP contribution in [0.1, 0.15) is 17.4 Å². The van der Waals surface area contributed by atoms with Crippen molar-refractivity contribution in [3.05, 3.63) is 11.9 Å². The van der Waals surface area contributed by atoms with E-state index in [0.717, 1.165) is 13.1 Å². The molecule has 0 saturated carbocycles. The Balaban J connectivity index is 1.91. The molecule has 0 radical (unpaired) electrons. The lowest BCUT2D eigenvalue weighted by Gasteiger charge is -2.23. The van der Waals surface area contributed by atoms with E-state index in [-0.39, 0.29) is 11.8 Å². The van der Waals surface area contributed by atoms with Gasteiger partial charge in [-0.05, 0) is 6.92 Å². The summed E-state index contributed by atoms with van der Waals surface area (Å²) in [5, 5.41) is 10.9. The van der Waals surface area contributed by atoms with Gasteiger partial charge in [0.25, 0.3) is 0 Å². The zero-order valence-corrected chi connectivity index (χ0v) is 9.76. The van der Waals surface area contributed by atoms with Crippen LogP contribution in [0.4, 0.5) is 0 Å². The molecular formula is C10H16N4O3. The lowest BCUT2D eigenvalue weighted by Crippen LogP contribution is -2.40. The van der Waals surface area contributed by atoms with Gasteiger partial charge in [-0.15, -0.1) is 5.10 Å². The Hall–Kier alpha value is -1.47. The van der Waals surface area contributed by atoms with Crippen molar-refractivity contribution in [3.8, 4) is 0 Å². The van der Waals surface area contributed by atoms with Crippen LogP contribution in [0, 0.1) is 0 Å². The fourth-order valence-electron chi connectivity index (χ4n) is 1.63. The molecule has 2 heterocycles. The molecule has 1 aliphatic rings. The lowest BCUT2D eigenvalue weighted by atomic mass is 10.3. The largest absolute Gasteiger partial charge is 0.461 e. The Bertz CT molecular complexity index is 373. The van der Waals surface area contributed by atoms with E-state index < -0.39 is 5.97 Å². The third-order valence-electron chi connectivity index (χ3n) is 2.42. The van der Waals surface area contributed by atoms with E-state index in [2.05, 4.69) is 15.6 Å². The standard InChI is InChI=1S/C10H16N4O3/c1-2-16-10(15)9-7-14(13-12-9)6-8-5-11-3-4-17-8/h7-8,11H,2-6H2,1H3. The van der Waals surface area contributed by atoms with Gasteiger partial charge in [-0.2, -0.15) is 0 Å². The second-order valence-corrected chi connectivity index (χ2v) is 3.74. The molecule has 7 nitrogen and oxygen atoms in total. The molecule has 1 aromatic rings. The van der Waals surface area contributed by atoms with Crippen molar-refractivity contribution in [2.75, 3.05) is 26.3 Å². The summed E-state index contributed by atoms with van der Waals surface area (Å²) in [6, 6.07) is 0. The molecule has 1 aromatic heterocycles. The van der Waals surface area contributed by atoms with Crippen LogP contribution in [0.15, 0.2) is 6.20 Å². The summed E-state index contributed by atoms with van der Waals surface area (Å²) in [5.74, 6) is -0.443. The van der Waals surface area contributed by atoms with Crippen LogP contribution >= 0.6 is 0 Å². The molecule has 1 unspecified atom stereocenters. The number of carbonyl (C=O) groups is 1. The lowest BCUT2D eigenvalue weighted by molar-refractivity contribution is 0.0158.